The van der Waals surface area contributed by atoms with Crippen LogP contribution in [0.5, 0.6) is 11.5 Å². The Labute approximate surface area is 126 Å². The van der Waals surface area contributed by atoms with E-state index >= 15 is 0 Å². The number of amides is 1. The molecule has 0 spiro atoms. The number of phenols is 2. The third-order valence-electron chi connectivity index (χ3n) is 3.24. The van der Waals surface area contributed by atoms with E-state index in [4.69, 9.17) is 0 Å². The van der Waals surface area contributed by atoms with Gasteiger partial charge < -0.3 is 10.2 Å². The highest BCUT2D eigenvalue weighted by molar-refractivity contribution is 7.92. The Hall–Kier alpha value is -2.74. The molecule has 3 rings (SSSR count). The van der Waals surface area contributed by atoms with E-state index in [2.05, 4.69) is 0 Å². The zero-order valence-corrected chi connectivity index (χ0v) is 12.0. The lowest BCUT2D eigenvalue weighted by molar-refractivity contribution is -0.117. The lowest BCUT2D eigenvalue weighted by Crippen LogP contribution is -2.29. The Kier molecular flexibility index (Phi) is 3.18. The maximum atomic E-state index is 11.8. The number of hydrogen-bond acceptors (Lipinski definition) is 5. The molecule has 8 heteroatoms. The topological polar surface area (TPSA) is 107 Å². The number of phenolic OH excluding ortho intramolecular Hbond substituents is 2. The van der Waals surface area contributed by atoms with E-state index in [1.54, 1.807) is 18.2 Å². The number of rotatable bonds is 2. The Morgan fingerprint density at radius 2 is 1.77 bits per heavy atom. The predicted molar refractivity (Wildman–Crippen MR) is 79.6 cm³/mol. The van der Waals surface area contributed by atoms with Crippen LogP contribution in [0.25, 0.3) is 11.1 Å². The molecule has 1 amide bonds. The highest BCUT2D eigenvalue weighted by Crippen LogP contribution is 2.35. The standard InChI is InChI=1S/C14H12N2O5S/c17-11-3-1-2-9(6-11)10-4-5-12(13(18)7-10)16-8-14(19)15-22(16,20)21/h1-7,17-18H,8H2,(H,15,19). The summed E-state index contributed by atoms with van der Waals surface area (Å²) in [5.41, 5.74) is 1.29. The first-order valence-electron chi connectivity index (χ1n) is 6.32. The third-order valence-corrected chi connectivity index (χ3v) is 4.64. The molecule has 0 radical (unpaired) electrons. The van der Waals surface area contributed by atoms with Gasteiger partial charge in [0.2, 0.25) is 0 Å². The summed E-state index contributed by atoms with van der Waals surface area (Å²) in [4.78, 5) is 11.2. The van der Waals surface area contributed by atoms with E-state index in [0.29, 0.717) is 11.1 Å². The average molecular weight is 320 g/mol. The summed E-state index contributed by atoms with van der Waals surface area (Å²) in [6, 6.07) is 10.8. The molecule has 2 aromatic rings. The highest BCUT2D eigenvalue weighted by Gasteiger charge is 2.35. The number of nitrogens with zero attached hydrogens (tertiary/aromatic N) is 1. The van der Waals surface area contributed by atoms with Crippen LogP contribution in [0.2, 0.25) is 0 Å². The fourth-order valence-electron chi connectivity index (χ4n) is 2.26. The fourth-order valence-corrected chi connectivity index (χ4v) is 3.42. The summed E-state index contributed by atoms with van der Waals surface area (Å²) in [6.45, 7) is -0.374. The van der Waals surface area contributed by atoms with Gasteiger partial charge in [-0.1, -0.05) is 18.2 Å². The van der Waals surface area contributed by atoms with Crippen LogP contribution in [0.15, 0.2) is 42.5 Å². The molecule has 0 atom stereocenters. The fraction of sp³-hybridized carbons (Fsp3) is 0.0714. The minimum atomic E-state index is -3.96. The normalized spacial score (nSPS) is 16.5. The van der Waals surface area contributed by atoms with Crippen molar-refractivity contribution in [2.75, 3.05) is 10.8 Å². The number of anilines is 1. The van der Waals surface area contributed by atoms with Crippen LogP contribution < -0.4 is 9.03 Å². The Balaban J connectivity index is 2.02. The van der Waals surface area contributed by atoms with Crippen LogP contribution in [0.3, 0.4) is 0 Å². The second-order valence-corrected chi connectivity index (χ2v) is 6.39. The molecule has 0 saturated carbocycles. The summed E-state index contributed by atoms with van der Waals surface area (Å²) in [7, 11) is -3.96. The molecular formula is C14H12N2O5S. The minimum absolute atomic E-state index is 0.0160. The van der Waals surface area contributed by atoms with Gasteiger partial charge >= 0.3 is 10.2 Å². The van der Waals surface area contributed by atoms with Crippen molar-refractivity contribution < 1.29 is 23.4 Å². The van der Waals surface area contributed by atoms with Crippen molar-refractivity contribution in [3.05, 3.63) is 42.5 Å². The van der Waals surface area contributed by atoms with Crippen LogP contribution in [0.4, 0.5) is 5.69 Å². The zero-order chi connectivity index (χ0) is 15.9. The van der Waals surface area contributed by atoms with Gasteiger partial charge in [-0.15, -0.1) is 0 Å². The van der Waals surface area contributed by atoms with Crippen molar-refractivity contribution in [1.29, 1.82) is 0 Å². The van der Waals surface area contributed by atoms with Gasteiger partial charge in [0.05, 0.1) is 5.69 Å². The second-order valence-electron chi connectivity index (χ2n) is 4.79. The number of benzene rings is 2. The van der Waals surface area contributed by atoms with Crippen molar-refractivity contribution in [2.45, 2.75) is 0 Å². The number of aromatic hydroxyl groups is 2. The van der Waals surface area contributed by atoms with E-state index < -0.39 is 16.1 Å². The molecule has 0 aromatic heterocycles. The lowest BCUT2D eigenvalue weighted by atomic mass is 10.0. The van der Waals surface area contributed by atoms with E-state index in [-0.39, 0.29) is 23.7 Å². The Morgan fingerprint density at radius 3 is 2.36 bits per heavy atom. The molecule has 2 aromatic carbocycles. The van der Waals surface area contributed by atoms with Gasteiger partial charge in [0.15, 0.2) is 0 Å². The van der Waals surface area contributed by atoms with Gasteiger partial charge in [0, 0.05) is 0 Å². The van der Waals surface area contributed by atoms with Crippen LogP contribution in [-0.2, 0) is 15.0 Å². The average Bonchev–Trinajstić information content (AvgIpc) is 2.71. The van der Waals surface area contributed by atoms with Gasteiger partial charge in [-0.25, -0.2) is 9.03 Å². The molecule has 1 fully saturated rings. The van der Waals surface area contributed by atoms with Crippen LogP contribution in [0.1, 0.15) is 0 Å². The molecule has 114 valence electrons. The molecule has 3 N–H and O–H groups in total. The molecule has 0 unspecified atom stereocenters. The molecule has 22 heavy (non-hydrogen) atoms. The third kappa shape index (κ3) is 2.44. The number of hydrogen-bond donors (Lipinski definition) is 3. The van der Waals surface area contributed by atoms with E-state index in [9.17, 15) is 23.4 Å². The summed E-state index contributed by atoms with van der Waals surface area (Å²) in [6.07, 6.45) is 0. The quantitative estimate of drug-likeness (QED) is 0.763. The van der Waals surface area contributed by atoms with Crippen molar-refractivity contribution in [1.82, 2.24) is 4.72 Å². The molecular weight excluding hydrogens is 308 g/mol. The van der Waals surface area contributed by atoms with Crippen LogP contribution in [-0.4, -0.2) is 31.1 Å². The molecule has 1 saturated heterocycles. The zero-order valence-electron chi connectivity index (χ0n) is 11.2. The van der Waals surface area contributed by atoms with Crippen molar-refractivity contribution in [3.63, 3.8) is 0 Å². The summed E-state index contributed by atoms with van der Waals surface area (Å²) in [5.74, 6) is -0.852. The molecule has 7 nitrogen and oxygen atoms in total. The summed E-state index contributed by atoms with van der Waals surface area (Å²) in [5, 5.41) is 19.6. The Bertz CT molecular complexity index is 863. The maximum absolute atomic E-state index is 11.8. The van der Waals surface area contributed by atoms with Crippen LogP contribution >= 0.6 is 0 Å². The monoisotopic (exact) mass is 320 g/mol. The van der Waals surface area contributed by atoms with E-state index in [1.165, 1.54) is 24.3 Å². The van der Waals surface area contributed by atoms with Gasteiger partial charge in [-0.2, -0.15) is 8.42 Å². The lowest BCUT2D eigenvalue weighted by Gasteiger charge is -2.16. The summed E-state index contributed by atoms with van der Waals surface area (Å²) < 4.78 is 26.2. The minimum Gasteiger partial charge on any atom is -0.508 e. The van der Waals surface area contributed by atoms with Gasteiger partial charge in [0.1, 0.15) is 18.0 Å². The second kappa shape index (κ2) is 4.92. The Morgan fingerprint density at radius 1 is 1.05 bits per heavy atom. The smallest absolute Gasteiger partial charge is 0.326 e. The molecule has 1 heterocycles. The van der Waals surface area contributed by atoms with E-state index in [1.807, 2.05) is 4.72 Å². The maximum Gasteiger partial charge on any atom is 0.326 e. The van der Waals surface area contributed by atoms with Crippen molar-refractivity contribution >= 4 is 21.8 Å². The number of nitrogens with one attached hydrogen (secondary N) is 1. The van der Waals surface area contributed by atoms with Crippen LogP contribution in [0, 0.1) is 0 Å². The van der Waals surface area contributed by atoms with Gasteiger partial charge in [-0.05, 0) is 35.4 Å². The van der Waals surface area contributed by atoms with Crippen molar-refractivity contribution in [3.8, 4) is 22.6 Å². The number of carbonyl (C=O) groups excluding carboxylic acids is 1. The first-order valence-corrected chi connectivity index (χ1v) is 7.76. The first kappa shape index (κ1) is 14.2. The van der Waals surface area contributed by atoms with E-state index in [0.717, 1.165) is 4.31 Å². The summed E-state index contributed by atoms with van der Waals surface area (Å²) >= 11 is 0. The molecule has 0 bridgehead atoms. The first-order chi connectivity index (χ1) is 10.4. The predicted octanol–water partition coefficient (Wildman–Crippen LogP) is 0.946. The van der Waals surface area contributed by atoms with Crippen molar-refractivity contribution in [2.24, 2.45) is 0 Å². The largest absolute Gasteiger partial charge is 0.508 e. The molecule has 0 aliphatic carbocycles. The molecule has 1 aliphatic heterocycles. The molecule has 1 aliphatic rings. The van der Waals surface area contributed by atoms with Gasteiger partial charge in [0.25, 0.3) is 5.91 Å². The number of carbonyl (C=O) groups is 1. The SMILES string of the molecule is O=C1CN(c2ccc(-c3cccc(O)c3)cc2O)S(=O)(=O)N1. The highest BCUT2D eigenvalue weighted by atomic mass is 32.2. The van der Waals surface area contributed by atoms with Gasteiger partial charge in [-0.3, -0.25) is 4.79 Å².